The Balaban J connectivity index is 1.87. The normalized spacial score (nSPS) is 19.3. The van der Waals surface area contributed by atoms with Gasteiger partial charge in [0.2, 0.25) is 5.91 Å². The molecule has 0 aromatic carbocycles. The van der Waals surface area contributed by atoms with Gasteiger partial charge in [0.25, 0.3) is 0 Å². The average Bonchev–Trinajstić information content (AvgIpc) is 2.79. The lowest BCUT2D eigenvalue weighted by molar-refractivity contribution is -0.131. The Morgan fingerprint density at radius 1 is 1.62 bits per heavy atom. The van der Waals surface area contributed by atoms with Crippen LogP contribution in [0.25, 0.3) is 0 Å². The van der Waals surface area contributed by atoms with Crippen molar-refractivity contribution in [1.29, 1.82) is 0 Å². The monoisotopic (exact) mass is 223 g/mol. The van der Waals surface area contributed by atoms with Crippen molar-refractivity contribution in [3.8, 4) is 0 Å². The lowest BCUT2D eigenvalue weighted by Gasteiger charge is -2.32. The highest BCUT2D eigenvalue weighted by Crippen LogP contribution is 2.27. The number of carbonyl (C=O) groups excluding carboxylic acids is 1. The van der Waals surface area contributed by atoms with Gasteiger partial charge in [0, 0.05) is 11.5 Å². The predicted molar refractivity (Wildman–Crippen MR) is 58.6 cm³/mol. The summed E-state index contributed by atoms with van der Waals surface area (Å²) in [7, 11) is 0. The third-order valence-corrected chi connectivity index (χ3v) is 3.18. The third-order valence-electron chi connectivity index (χ3n) is 3.18. The number of nitrogens with one attached hydrogen (secondary N) is 2. The molecule has 0 saturated carbocycles. The van der Waals surface area contributed by atoms with Gasteiger partial charge in [-0.05, 0) is 25.9 Å². The Hall–Kier alpha value is -1.36. The molecular weight excluding hydrogens is 206 g/mol. The van der Waals surface area contributed by atoms with Crippen LogP contribution in [0, 0.1) is 5.41 Å². The number of piperidine rings is 1. The molecule has 1 amide bonds. The lowest BCUT2D eigenvalue weighted by atomic mass is 9.80. The quantitative estimate of drug-likeness (QED) is 0.790. The molecule has 0 spiro atoms. The number of aromatic nitrogens is 1. The van der Waals surface area contributed by atoms with Crippen molar-refractivity contribution in [3.63, 3.8) is 0 Å². The fourth-order valence-electron chi connectivity index (χ4n) is 1.92. The van der Waals surface area contributed by atoms with Crippen molar-refractivity contribution in [2.24, 2.45) is 5.41 Å². The molecule has 0 atom stereocenters. The molecule has 0 bridgehead atoms. The standard InChI is InChI=1S/C11H17N3O2/c1-11(3-5-12-6-4-11)10(15)13-8-9-2-7-16-14-9/h2,7,12H,3-6,8H2,1H3,(H,13,15). The smallest absolute Gasteiger partial charge is 0.226 e. The van der Waals surface area contributed by atoms with E-state index in [1.165, 1.54) is 6.26 Å². The fraction of sp³-hybridized carbons (Fsp3) is 0.636. The van der Waals surface area contributed by atoms with Crippen LogP contribution >= 0.6 is 0 Å². The van der Waals surface area contributed by atoms with Crippen molar-refractivity contribution in [2.45, 2.75) is 26.3 Å². The van der Waals surface area contributed by atoms with Crippen LogP contribution in [-0.2, 0) is 11.3 Å². The number of rotatable bonds is 3. The van der Waals surface area contributed by atoms with E-state index in [-0.39, 0.29) is 11.3 Å². The first kappa shape index (κ1) is 11.1. The highest BCUT2D eigenvalue weighted by molar-refractivity contribution is 5.82. The molecule has 16 heavy (non-hydrogen) atoms. The van der Waals surface area contributed by atoms with E-state index in [1.807, 2.05) is 6.92 Å². The summed E-state index contributed by atoms with van der Waals surface area (Å²) in [6, 6.07) is 1.75. The van der Waals surface area contributed by atoms with Crippen LogP contribution in [0.5, 0.6) is 0 Å². The average molecular weight is 223 g/mol. The largest absolute Gasteiger partial charge is 0.364 e. The first-order valence-electron chi connectivity index (χ1n) is 5.59. The molecule has 88 valence electrons. The van der Waals surface area contributed by atoms with Crippen molar-refractivity contribution >= 4 is 5.91 Å². The molecule has 2 rings (SSSR count). The summed E-state index contributed by atoms with van der Waals surface area (Å²) in [6.07, 6.45) is 3.28. The summed E-state index contributed by atoms with van der Waals surface area (Å²) in [5.74, 6) is 0.108. The van der Waals surface area contributed by atoms with E-state index in [0.717, 1.165) is 31.6 Å². The van der Waals surface area contributed by atoms with E-state index in [9.17, 15) is 4.79 Å². The summed E-state index contributed by atoms with van der Waals surface area (Å²) in [4.78, 5) is 12.0. The number of carbonyl (C=O) groups is 1. The van der Waals surface area contributed by atoms with Crippen LogP contribution in [0.15, 0.2) is 16.9 Å². The Morgan fingerprint density at radius 3 is 3.00 bits per heavy atom. The minimum absolute atomic E-state index is 0.108. The molecule has 1 fully saturated rings. The van der Waals surface area contributed by atoms with E-state index < -0.39 is 0 Å². The van der Waals surface area contributed by atoms with E-state index in [2.05, 4.69) is 15.8 Å². The van der Waals surface area contributed by atoms with Crippen molar-refractivity contribution in [2.75, 3.05) is 13.1 Å². The van der Waals surface area contributed by atoms with Crippen LogP contribution in [0.1, 0.15) is 25.5 Å². The minimum atomic E-state index is -0.241. The van der Waals surface area contributed by atoms with Gasteiger partial charge in [0.1, 0.15) is 12.0 Å². The van der Waals surface area contributed by atoms with Crippen LogP contribution in [0.2, 0.25) is 0 Å². The van der Waals surface area contributed by atoms with Crippen LogP contribution in [-0.4, -0.2) is 24.2 Å². The molecule has 1 aromatic heterocycles. The van der Waals surface area contributed by atoms with Gasteiger partial charge in [-0.1, -0.05) is 12.1 Å². The molecule has 1 aliphatic heterocycles. The molecule has 2 N–H and O–H groups in total. The summed E-state index contributed by atoms with van der Waals surface area (Å²) in [6.45, 7) is 4.28. The third kappa shape index (κ3) is 2.41. The molecule has 1 aromatic rings. The van der Waals surface area contributed by atoms with Gasteiger partial charge in [-0.25, -0.2) is 0 Å². The zero-order valence-corrected chi connectivity index (χ0v) is 9.45. The molecule has 0 radical (unpaired) electrons. The minimum Gasteiger partial charge on any atom is -0.364 e. The Bertz CT molecular complexity index is 342. The summed E-state index contributed by atoms with van der Waals surface area (Å²) in [5.41, 5.74) is 0.514. The van der Waals surface area contributed by atoms with E-state index in [1.54, 1.807) is 6.07 Å². The topological polar surface area (TPSA) is 67.2 Å². The molecule has 2 heterocycles. The Morgan fingerprint density at radius 2 is 2.38 bits per heavy atom. The lowest BCUT2D eigenvalue weighted by Crippen LogP contribution is -2.45. The number of hydrogen-bond acceptors (Lipinski definition) is 4. The predicted octanol–water partition coefficient (Wildman–Crippen LogP) is 0.680. The zero-order chi connectivity index (χ0) is 11.4. The molecule has 1 saturated heterocycles. The molecule has 1 aliphatic rings. The SMILES string of the molecule is CC1(C(=O)NCc2ccon2)CCNCC1. The second kappa shape index (κ2) is 4.65. The van der Waals surface area contributed by atoms with Gasteiger partial charge in [-0.15, -0.1) is 0 Å². The number of nitrogens with zero attached hydrogens (tertiary/aromatic N) is 1. The number of hydrogen-bond donors (Lipinski definition) is 2. The van der Waals surface area contributed by atoms with E-state index >= 15 is 0 Å². The highest BCUT2D eigenvalue weighted by atomic mass is 16.5. The maximum atomic E-state index is 12.0. The highest BCUT2D eigenvalue weighted by Gasteiger charge is 2.34. The summed E-state index contributed by atoms with van der Waals surface area (Å²) < 4.78 is 4.71. The molecule has 0 aliphatic carbocycles. The Labute approximate surface area is 94.6 Å². The second-order valence-corrected chi connectivity index (χ2v) is 4.48. The zero-order valence-electron chi connectivity index (χ0n) is 9.45. The van der Waals surface area contributed by atoms with Crippen molar-refractivity contribution < 1.29 is 9.32 Å². The maximum absolute atomic E-state index is 12.0. The first-order valence-corrected chi connectivity index (χ1v) is 5.59. The maximum Gasteiger partial charge on any atom is 0.226 e. The van der Waals surface area contributed by atoms with Gasteiger partial charge in [-0.3, -0.25) is 4.79 Å². The second-order valence-electron chi connectivity index (χ2n) is 4.48. The molecule has 5 nitrogen and oxygen atoms in total. The van der Waals surface area contributed by atoms with Crippen molar-refractivity contribution in [1.82, 2.24) is 15.8 Å². The fourth-order valence-corrected chi connectivity index (χ4v) is 1.92. The van der Waals surface area contributed by atoms with E-state index in [0.29, 0.717) is 6.54 Å². The van der Waals surface area contributed by atoms with Gasteiger partial charge in [-0.2, -0.15) is 0 Å². The molecule has 0 unspecified atom stereocenters. The van der Waals surface area contributed by atoms with Crippen LogP contribution < -0.4 is 10.6 Å². The number of amides is 1. The summed E-state index contributed by atoms with van der Waals surface area (Å²) >= 11 is 0. The van der Waals surface area contributed by atoms with Gasteiger partial charge in [0.15, 0.2) is 0 Å². The van der Waals surface area contributed by atoms with Crippen LogP contribution in [0.4, 0.5) is 0 Å². The van der Waals surface area contributed by atoms with Crippen LogP contribution in [0.3, 0.4) is 0 Å². The van der Waals surface area contributed by atoms with Gasteiger partial charge in [0.05, 0.1) is 6.54 Å². The van der Waals surface area contributed by atoms with Gasteiger partial charge >= 0.3 is 0 Å². The Kier molecular flexibility index (Phi) is 3.24. The van der Waals surface area contributed by atoms with Gasteiger partial charge < -0.3 is 15.2 Å². The molecule has 5 heteroatoms. The van der Waals surface area contributed by atoms with Crippen molar-refractivity contribution in [3.05, 3.63) is 18.0 Å². The first-order chi connectivity index (χ1) is 7.71. The van der Waals surface area contributed by atoms with E-state index in [4.69, 9.17) is 4.52 Å². The molecular formula is C11H17N3O2. The summed E-state index contributed by atoms with van der Waals surface area (Å²) in [5, 5.41) is 9.92.